The van der Waals surface area contributed by atoms with Crippen LogP contribution >= 0.6 is 11.3 Å². The van der Waals surface area contributed by atoms with Crippen molar-refractivity contribution in [3.8, 4) is 0 Å². The number of hydrazine groups is 1. The Bertz CT molecular complexity index is 629. The smallest absolute Gasteiger partial charge is 0.273 e. The molecule has 3 unspecified atom stereocenters. The maximum Gasteiger partial charge on any atom is 0.279 e. The molecule has 0 aliphatic heterocycles. The average Bonchev–Trinajstić information content (AvgIpc) is 3.06. The maximum atomic E-state index is 12.3. The van der Waals surface area contributed by atoms with Gasteiger partial charge in [0.05, 0.1) is 4.88 Å². The van der Waals surface area contributed by atoms with Gasteiger partial charge in [-0.3, -0.25) is 20.4 Å². The zero-order valence-electron chi connectivity index (χ0n) is 14.4. The number of carbonyl (C=O) groups excluding carboxylic acids is 2. The van der Waals surface area contributed by atoms with Crippen molar-refractivity contribution >= 4 is 23.2 Å². The third kappa shape index (κ3) is 3.60. The first-order valence-corrected chi connectivity index (χ1v) is 9.29. The molecule has 2 N–H and O–H groups in total. The van der Waals surface area contributed by atoms with Gasteiger partial charge in [-0.2, -0.15) is 0 Å². The predicted molar refractivity (Wildman–Crippen MR) is 92.2 cm³/mol. The lowest BCUT2D eigenvalue weighted by atomic mass is 9.72. The van der Waals surface area contributed by atoms with Gasteiger partial charge in [0.25, 0.3) is 5.91 Å². The second-order valence-corrected chi connectivity index (χ2v) is 9.26. The molecule has 0 aromatic carbocycles. The number of carbonyl (C=O) groups is 2. The van der Waals surface area contributed by atoms with E-state index in [0.717, 1.165) is 19.3 Å². The summed E-state index contributed by atoms with van der Waals surface area (Å²) in [7, 11) is 0. The Labute approximate surface area is 142 Å². The molecule has 23 heavy (non-hydrogen) atoms. The van der Waals surface area contributed by atoms with E-state index in [-0.39, 0.29) is 17.7 Å². The fourth-order valence-electron chi connectivity index (χ4n) is 3.33. The van der Waals surface area contributed by atoms with Gasteiger partial charge in [-0.15, -0.1) is 11.3 Å². The van der Waals surface area contributed by atoms with E-state index in [2.05, 4.69) is 31.6 Å². The van der Waals surface area contributed by atoms with E-state index in [1.54, 1.807) is 11.3 Å². The SMILES string of the molecule is CC1CC1C(=O)NNC(=O)c1cc2c(s1)CCC(C(C)(C)C)C2. The van der Waals surface area contributed by atoms with Crippen LogP contribution in [-0.4, -0.2) is 11.8 Å². The largest absolute Gasteiger partial charge is 0.279 e. The molecule has 0 saturated heterocycles. The van der Waals surface area contributed by atoms with Crippen LogP contribution in [0, 0.1) is 23.2 Å². The fourth-order valence-corrected chi connectivity index (χ4v) is 4.44. The standard InChI is InChI=1S/C18H26N2O2S/c1-10-7-13(10)16(21)19-20-17(22)15-9-11-8-12(18(2,3)4)5-6-14(11)23-15/h9-10,12-13H,5-8H2,1-4H3,(H,19,21)(H,20,22). The number of nitrogens with one attached hydrogen (secondary N) is 2. The zero-order valence-corrected chi connectivity index (χ0v) is 15.2. The highest BCUT2D eigenvalue weighted by Gasteiger charge is 2.39. The second-order valence-electron chi connectivity index (χ2n) is 8.13. The van der Waals surface area contributed by atoms with Crippen molar-refractivity contribution < 1.29 is 9.59 Å². The molecule has 1 fully saturated rings. The van der Waals surface area contributed by atoms with E-state index < -0.39 is 0 Å². The molecule has 2 aliphatic rings. The highest BCUT2D eigenvalue weighted by atomic mass is 32.1. The molecule has 1 aromatic rings. The van der Waals surface area contributed by atoms with E-state index in [0.29, 0.717) is 22.1 Å². The monoisotopic (exact) mass is 334 g/mol. The molecule has 1 heterocycles. The maximum absolute atomic E-state index is 12.3. The molecule has 2 aliphatic carbocycles. The quantitative estimate of drug-likeness (QED) is 0.815. The Kier molecular flexibility index (Phi) is 4.25. The van der Waals surface area contributed by atoms with E-state index in [1.165, 1.54) is 16.9 Å². The van der Waals surface area contributed by atoms with Gasteiger partial charge in [0.1, 0.15) is 0 Å². The number of amides is 2. The molecule has 5 heteroatoms. The summed E-state index contributed by atoms with van der Waals surface area (Å²) < 4.78 is 0. The minimum absolute atomic E-state index is 0.0689. The average molecular weight is 334 g/mol. The Morgan fingerprint density at radius 1 is 1.26 bits per heavy atom. The van der Waals surface area contributed by atoms with Crippen LogP contribution in [0.25, 0.3) is 0 Å². The number of fused-ring (bicyclic) bond motifs is 1. The Balaban J connectivity index is 1.60. The topological polar surface area (TPSA) is 58.2 Å². The second kappa shape index (κ2) is 5.93. The van der Waals surface area contributed by atoms with Gasteiger partial charge in [0.2, 0.25) is 5.91 Å². The number of thiophene rings is 1. The molecule has 1 saturated carbocycles. The molecule has 4 nitrogen and oxygen atoms in total. The summed E-state index contributed by atoms with van der Waals surface area (Å²) in [6.45, 7) is 8.91. The summed E-state index contributed by atoms with van der Waals surface area (Å²) in [5.41, 5.74) is 6.73. The number of hydrogen-bond acceptors (Lipinski definition) is 3. The first-order valence-electron chi connectivity index (χ1n) is 8.47. The molecule has 2 amide bonds. The van der Waals surface area contributed by atoms with Gasteiger partial charge in [0.15, 0.2) is 0 Å². The van der Waals surface area contributed by atoms with Gasteiger partial charge in [-0.1, -0.05) is 27.7 Å². The van der Waals surface area contributed by atoms with Gasteiger partial charge in [0, 0.05) is 10.8 Å². The van der Waals surface area contributed by atoms with Gasteiger partial charge in [-0.05, 0) is 54.6 Å². The van der Waals surface area contributed by atoms with E-state index in [9.17, 15) is 9.59 Å². The van der Waals surface area contributed by atoms with Gasteiger partial charge < -0.3 is 0 Å². The van der Waals surface area contributed by atoms with E-state index in [4.69, 9.17) is 0 Å². The van der Waals surface area contributed by atoms with Crippen LogP contribution in [0.4, 0.5) is 0 Å². The molecular weight excluding hydrogens is 308 g/mol. The number of rotatable bonds is 2. The lowest BCUT2D eigenvalue weighted by Crippen LogP contribution is -2.42. The lowest BCUT2D eigenvalue weighted by Gasteiger charge is -2.33. The highest BCUT2D eigenvalue weighted by molar-refractivity contribution is 7.14. The zero-order chi connectivity index (χ0) is 16.8. The summed E-state index contributed by atoms with van der Waals surface area (Å²) in [6, 6.07) is 2.01. The number of aryl methyl sites for hydroxylation is 1. The van der Waals surface area contributed by atoms with Gasteiger partial charge in [-0.25, -0.2) is 0 Å². The molecule has 0 radical (unpaired) electrons. The van der Waals surface area contributed by atoms with Crippen LogP contribution in [0.3, 0.4) is 0 Å². The van der Waals surface area contributed by atoms with Crippen molar-refractivity contribution in [2.24, 2.45) is 23.2 Å². The predicted octanol–water partition coefficient (Wildman–Crippen LogP) is 3.32. The first kappa shape index (κ1) is 16.5. The van der Waals surface area contributed by atoms with Crippen molar-refractivity contribution in [2.45, 2.75) is 53.4 Å². The van der Waals surface area contributed by atoms with Crippen molar-refractivity contribution in [1.29, 1.82) is 0 Å². The molecule has 0 bridgehead atoms. The summed E-state index contributed by atoms with van der Waals surface area (Å²) in [6.07, 6.45) is 4.22. The molecule has 3 rings (SSSR count). The van der Waals surface area contributed by atoms with E-state index in [1.807, 2.05) is 13.0 Å². The van der Waals surface area contributed by atoms with Crippen molar-refractivity contribution in [2.75, 3.05) is 0 Å². The highest BCUT2D eigenvalue weighted by Crippen LogP contribution is 2.40. The molecule has 0 spiro atoms. The third-order valence-electron chi connectivity index (χ3n) is 5.28. The third-order valence-corrected chi connectivity index (χ3v) is 6.51. The Morgan fingerprint density at radius 2 is 1.96 bits per heavy atom. The molecular formula is C18H26N2O2S. The normalized spacial score (nSPS) is 26.3. The van der Waals surface area contributed by atoms with Crippen LogP contribution in [0.1, 0.15) is 60.6 Å². The molecule has 126 valence electrons. The first-order chi connectivity index (χ1) is 10.8. The van der Waals surface area contributed by atoms with Crippen LogP contribution in [-0.2, 0) is 17.6 Å². The van der Waals surface area contributed by atoms with Crippen LogP contribution in [0.15, 0.2) is 6.07 Å². The lowest BCUT2D eigenvalue weighted by molar-refractivity contribution is -0.123. The Morgan fingerprint density at radius 3 is 2.57 bits per heavy atom. The van der Waals surface area contributed by atoms with Crippen LogP contribution in [0.2, 0.25) is 0 Å². The summed E-state index contributed by atoms with van der Waals surface area (Å²) in [5.74, 6) is 0.907. The molecule has 1 aromatic heterocycles. The van der Waals surface area contributed by atoms with E-state index >= 15 is 0 Å². The van der Waals surface area contributed by atoms with Gasteiger partial charge >= 0.3 is 0 Å². The minimum Gasteiger partial charge on any atom is -0.273 e. The summed E-state index contributed by atoms with van der Waals surface area (Å²) in [5, 5.41) is 0. The number of hydrogen-bond donors (Lipinski definition) is 2. The summed E-state index contributed by atoms with van der Waals surface area (Å²) >= 11 is 1.57. The van der Waals surface area contributed by atoms with Crippen molar-refractivity contribution in [3.05, 3.63) is 21.4 Å². The fraction of sp³-hybridized carbons (Fsp3) is 0.667. The molecule has 3 atom stereocenters. The van der Waals surface area contributed by atoms with Crippen LogP contribution < -0.4 is 10.9 Å². The van der Waals surface area contributed by atoms with Crippen LogP contribution in [0.5, 0.6) is 0 Å². The minimum atomic E-state index is -0.196. The summed E-state index contributed by atoms with van der Waals surface area (Å²) in [4.78, 5) is 26.1. The Hall–Kier alpha value is -1.36. The van der Waals surface area contributed by atoms with Crippen molar-refractivity contribution in [3.63, 3.8) is 0 Å². The van der Waals surface area contributed by atoms with Crippen molar-refractivity contribution in [1.82, 2.24) is 10.9 Å².